The van der Waals surface area contributed by atoms with E-state index in [0.29, 0.717) is 22.4 Å². The second-order valence-corrected chi connectivity index (χ2v) is 9.25. The highest BCUT2D eigenvalue weighted by atomic mass is 16.5. The van der Waals surface area contributed by atoms with Crippen molar-refractivity contribution in [3.63, 3.8) is 0 Å². The van der Waals surface area contributed by atoms with Gasteiger partial charge in [0.25, 0.3) is 0 Å². The molecule has 4 aromatic rings. The number of likely N-dealkylation sites (tertiary alicyclic amines) is 1. The van der Waals surface area contributed by atoms with Crippen LogP contribution < -0.4 is 0 Å². The summed E-state index contributed by atoms with van der Waals surface area (Å²) in [5.74, 6) is -0.419. The summed E-state index contributed by atoms with van der Waals surface area (Å²) in [6, 6.07) is 23.4. The van der Waals surface area contributed by atoms with Gasteiger partial charge in [-0.05, 0) is 62.2 Å². The molecule has 0 spiro atoms. The van der Waals surface area contributed by atoms with Crippen molar-refractivity contribution in [1.29, 1.82) is 0 Å². The van der Waals surface area contributed by atoms with Crippen molar-refractivity contribution in [2.45, 2.75) is 25.7 Å². The smallest absolute Gasteiger partial charge is 0.337 e. The van der Waals surface area contributed by atoms with Gasteiger partial charge in [-0.15, -0.1) is 0 Å². The molecule has 2 heterocycles. The van der Waals surface area contributed by atoms with E-state index in [1.165, 1.54) is 45.0 Å². The molecule has 0 radical (unpaired) electrons. The molecule has 1 aliphatic rings. The number of aromatic nitrogens is 1. The van der Waals surface area contributed by atoms with Crippen LogP contribution in [0.4, 0.5) is 5.69 Å². The molecule has 0 atom stereocenters. The Bertz CT molecular complexity index is 1370. The zero-order valence-corrected chi connectivity index (χ0v) is 20.5. The topological polar surface area (TPSA) is 77.9 Å². The third-order valence-corrected chi connectivity index (χ3v) is 6.83. The van der Waals surface area contributed by atoms with Crippen molar-refractivity contribution in [2.75, 3.05) is 26.7 Å². The lowest BCUT2D eigenvalue weighted by atomic mass is 10.00. The second kappa shape index (κ2) is 10.8. The monoisotopic (exact) mass is 481 g/mol. The van der Waals surface area contributed by atoms with Crippen molar-refractivity contribution < 1.29 is 14.6 Å². The molecule has 1 aromatic heterocycles. The molecule has 0 amide bonds. The molecule has 1 saturated heterocycles. The molecule has 0 saturated carbocycles. The molecule has 5 rings (SSSR count). The van der Waals surface area contributed by atoms with E-state index in [-0.39, 0.29) is 5.88 Å². The lowest BCUT2D eigenvalue weighted by Gasteiger charge is -2.26. The highest BCUT2D eigenvalue weighted by molar-refractivity contribution is 6.22. The summed E-state index contributed by atoms with van der Waals surface area (Å²) in [7, 11) is 1.35. The van der Waals surface area contributed by atoms with Gasteiger partial charge >= 0.3 is 5.97 Å². The standard InChI is InChI=1S/C30H31N3O3/c1-36-30(35)23-12-15-25-26(20-23)32-29(34)27(25)28(22-8-4-2-5-9-22)31-24-13-10-21(11-14-24)16-19-33-17-6-3-7-18-33/h2,4-5,8-15,20,32,34H,3,6-7,16-19H2,1H3. The first kappa shape index (κ1) is 23.8. The number of carbonyl (C=O) groups excluding carboxylic acids is 1. The average Bonchev–Trinajstić information content (AvgIpc) is 3.26. The first-order valence-corrected chi connectivity index (χ1v) is 12.5. The number of esters is 1. The summed E-state index contributed by atoms with van der Waals surface area (Å²) < 4.78 is 4.84. The number of aromatic amines is 1. The maximum absolute atomic E-state index is 12.0. The number of aromatic hydroxyl groups is 1. The molecule has 6 nitrogen and oxygen atoms in total. The minimum atomic E-state index is -0.426. The summed E-state index contributed by atoms with van der Waals surface area (Å²) in [6.45, 7) is 3.50. The Hall–Kier alpha value is -3.90. The summed E-state index contributed by atoms with van der Waals surface area (Å²) in [5, 5.41) is 11.7. The average molecular weight is 482 g/mol. The Morgan fingerprint density at radius 2 is 1.72 bits per heavy atom. The number of rotatable bonds is 7. The van der Waals surface area contributed by atoms with E-state index in [1.54, 1.807) is 12.1 Å². The number of piperidine rings is 1. The van der Waals surface area contributed by atoms with Crippen LogP contribution in [0.1, 0.15) is 46.3 Å². The number of aliphatic imine (C=N–C) groups is 1. The normalized spacial score (nSPS) is 14.8. The first-order valence-electron chi connectivity index (χ1n) is 12.5. The number of nitrogens with one attached hydrogen (secondary N) is 1. The van der Waals surface area contributed by atoms with Gasteiger partial charge in [0.1, 0.15) is 0 Å². The number of H-pyrrole nitrogens is 1. The van der Waals surface area contributed by atoms with Gasteiger partial charge in [-0.1, -0.05) is 55.0 Å². The minimum absolute atomic E-state index is 0.00719. The first-order chi connectivity index (χ1) is 17.6. The Morgan fingerprint density at radius 3 is 2.44 bits per heavy atom. The van der Waals surface area contributed by atoms with Gasteiger partial charge in [-0.25, -0.2) is 9.79 Å². The fourth-order valence-corrected chi connectivity index (χ4v) is 4.87. The zero-order valence-electron chi connectivity index (χ0n) is 20.5. The van der Waals surface area contributed by atoms with Crippen LogP contribution in [0.15, 0.2) is 77.8 Å². The molecule has 184 valence electrons. The Morgan fingerprint density at radius 1 is 0.972 bits per heavy atom. The fourth-order valence-electron chi connectivity index (χ4n) is 4.87. The molecule has 0 bridgehead atoms. The van der Waals surface area contributed by atoms with Crippen LogP contribution in [-0.2, 0) is 11.2 Å². The van der Waals surface area contributed by atoms with Crippen molar-refractivity contribution in [3.05, 3.63) is 95.1 Å². The number of fused-ring (bicyclic) bond motifs is 1. The van der Waals surface area contributed by atoms with Crippen molar-refractivity contribution in [3.8, 4) is 5.88 Å². The van der Waals surface area contributed by atoms with Gasteiger partial charge in [0.15, 0.2) is 5.88 Å². The van der Waals surface area contributed by atoms with E-state index >= 15 is 0 Å². The molecular formula is C30H31N3O3. The van der Waals surface area contributed by atoms with Crippen LogP contribution in [0.2, 0.25) is 0 Å². The maximum atomic E-state index is 12.0. The largest absolute Gasteiger partial charge is 0.494 e. The zero-order chi connectivity index (χ0) is 24.9. The van der Waals surface area contributed by atoms with Gasteiger partial charge in [0, 0.05) is 23.0 Å². The SMILES string of the molecule is COC(=O)c1ccc2c(C(=Nc3ccc(CCN4CCCCC4)cc3)c3ccccc3)c(O)[nH]c2c1. The molecule has 36 heavy (non-hydrogen) atoms. The molecule has 0 aliphatic carbocycles. The summed E-state index contributed by atoms with van der Waals surface area (Å²) >= 11 is 0. The summed E-state index contributed by atoms with van der Waals surface area (Å²) in [4.78, 5) is 22.5. The van der Waals surface area contributed by atoms with E-state index in [9.17, 15) is 9.90 Å². The van der Waals surface area contributed by atoms with Crippen LogP contribution in [0.25, 0.3) is 10.9 Å². The third-order valence-electron chi connectivity index (χ3n) is 6.83. The molecule has 6 heteroatoms. The van der Waals surface area contributed by atoms with Crippen molar-refractivity contribution in [1.82, 2.24) is 9.88 Å². The Kier molecular flexibility index (Phi) is 7.14. The number of hydrogen-bond donors (Lipinski definition) is 2. The quantitative estimate of drug-likeness (QED) is 0.256. The maximum Gasteiger partial charge on any atom is 0.337 e. The molecule has 2 N–H and O–H groups in total. The van der Waals surface area contributed by atoms with Crippen LogP contribution in [0.3, 0.4) is 0 Å². The Balaban J connectivity index is 1.48. The molecular weight excluding hydrogens is 450 g/mol. The van der Waals surface area contributed by atoms with Crippen molar-refractivity contribution in [2.24, 2.45) is 4.99 Å². The van der Waals surface area contributed by atoms with Gasteiger partial charge in [-0.3, -0.25) is 0 Å². The van der Waals surface area contributed by atoms with Crippen LogP contribution >= 0.6 is 0 Å². The van der Waals surface area contributed by atoms with Gasteiger partial charge in [0.2, 0.25) is 0 Å². The van der Waals surface area contributed by atoms with Crippen LogP contribution in [0, 0.1) is 0 Å². The van der Waals surface area contributed by atoms with Gasteiger partial charge in [-0.2, -0.15) is 0 Å². The van der Waals surface area contributed by atoms with Crippen LogP contribution in [-0.4, -0.2) is 53.4 Å². The Labute approximate surface area is 211 Å². The number of ether oxygens (including phenoxy) is 1. The number of carbonyl (C=O) groups is 1. The number of benzene rings is 3. The molecule has 1 aliphatic heterocycles. The summed E-state index contributed by atoms with van der Waals surface area (Å²) in [6.07, 6.45) is 4.99. The molecule has 0 unspecified atom stereocenters. The summed E-state index contributed by atoms with van der Waals surface area (Å²) in [5.41, 5.74) is 5.31. The highest BCUT2D eigenvalue weighted by Crippen LogP contribution is 2.32. The van der Waals surface area contributed by atoms with Crippen LogP contribution in [0.5, 0.6) is 5.88 Å². The predicted molar refractivity (Wildman–Crippen MR) is 143 cm³/mol. The van der Waals surface area contributed by atoms with E-state index in [1.807, 2.05) is 48.5 Å². The van der Waals surface area contributed by atoms with Crippen molar-refractivity contribution >= 4 is 28.3 Å². The molecule has 1 fully saturated rings. The number of nitrogens with zero attached hydrogens (tertiary/aromatic N) is 2. The van der Waals surface area contributed by atoms with E-state index < -0.39 is 5.97 Å². The number of methoxy groups -OCH3 is 1. The van der Waals surface area contributed by atoms with E-state index in [4.69, 9.17) is 9.73 Å². The highest BCUT2D eigenvalue weighted by Gasteiger charge is 2.20. The lowest BCUT2D eigenvalue weighted by Crippen LogP contribution is -2.31. The van der Waals surface area contributed by atoms with E-state index in [2.05, 4.69) is 22.0 Å². The minimum Gasteiger partial charge on any atom is -0.494 e. The van der Waals surface area contributed by atoms with Gasteiger partial charge in [0.05, 0.1) is 29.6 Å². The number of hydrogen-bond acceptors (Lipinski definition) is 5. The molecule has 3 aromatic carbocycles. The third kappa shape index (κ3) is 5.19. The second-order valence-electron chi connectivity index (χ2n) is 9.25. The van der Waals surface area contributed by atoms with Gasteiger partial charge < -0.3 is 19.7 Å². The van der Waals surface area contributed by atoms with E-state index in [0.717, 1.165) is 29.6 Å². The lowest BCUT2D eigenvalue weighted by molar-refractivity contribution is 0.0601. The fraction of sp³-hybridized carbons (Fsp3) is 0.267. The predicted octanol–water partition coefficient (Wildman–Crippen LogP) is 5.86.